The Morgan fingerprint density at radius 2 is 2.33 bits per heavy atom. The molecule has 1 aromatic rings. The smallest absolute Gasteiger partial charge is 0.128 e. The largest absolute Gasteiger partial charge is 0.207 e. The van der Waals surface area contributed by atoms with Gasteiger partial charge in [-0.05, 0) is 48.4 Å². The molecule has 0 heterocycles. The first-order valence-electron chi connectivity index (χ1n) is 5.48. The summed E-state index contributed by atoms with van der Waals surface area (Å²) in [6.45, 7) is 2.12. The van der Waals surface area contributed by atoms with E-state index in [4.69, 9.17) is 5.26 Å². The first kappa shape index (κ1) is 10.2. The second-order valence-electron chi connectivity index (χ2n) is 4.17. The van der Waals surface area contributed by atoms with Crippen molar-refractivity contribution in [1.29, 1.82) is 5.26 Å². The lowest BCUT2D eigenvalue weighted by molar-refractivity contribution is 0.555. The number of hydrogen-bond donors (Lipinski definition) is 0. The van der Waals surface area contributed by atoms with Gasteiger partial charge in [0.2, 0.25) is 0 Å². The molecule has 0 saturated heterocycles. The fourth-order valence-corrected chi connectivity index (χ4v) is 2.51. The van der Waals surface area contributed by atoms with Crippen molar-refractivity contribution < 1.29 is 4.39 Å². The molecule has 0 saturated carbocycles. The Morgan fingerprint density at radius 3 is 3.00 bits per heavy atom. The van der Waals surface area contributed by atoms with Crippen molar-refractivity contribution in [3.63, 3.8) is 0 Å². The predicted molar refractivity (Wildman–Crippen MR) is 57.1 cm³/mol. The lowest BCUT2D eigenvalue weighted by Gasteiger charge is -2.10. The van der Waals surface area contributed by atoms with Crippen LogP contribution in [0.25, 0.3) is 0 Å². The summed E-state index contributed by atoms with van der Waals surface area (Å²) >= 11 is 0. The van der Waals surface area contributed by atoms with Gasteiger partial charge in [-0.25, -0.2) is 4.39 Å². The minimum Gasteiger partial charge on any atom is -0.207 e. The summed E-state index contributed by atoms with van der Waals surface area (Å²) in [6.07, 6.45) is 4.10. The van der Waals surface area contributed by atoms with Gasteiger partial charge < -0.3 is 0 Å². The molecule has 2 rings (SSSR count). The molecule has 0 bridgehead atoms. The van der Waals surface area contributed by atoms with Crippen LogP contribution in [0.5, 0.6) is 0 Å². The van der Waals surface area contributed by atoms with Gasteiger partial charge in [-0.2, -0.15) is 5.26 Å². The molecular weight excluding hydrogens is 189 g/mol. The molecule has 0 radical (unpaired) electrons. The van der Waals surface area contributed by atoms with E-state index in [1.807, 2.05) is 12.1 Å². The number of nitrogens with zero attached hydrogens (tertiary/aromatic N) is 1. The molecule has 0 aliphatic heterocycles. The van der Waals surface area contributed by atoms with Crippen LogP contribution in [-0.4, -0.2) is 0 Å². The van der Waals surface area contributed by atoms with E-state index in [1.54, 1.807) is 0 Å². The summed E-state index contributed by atoms with van der Waals surface area (Å²) in [4.78, 5) is 0. The number of rotatable bonds is 2. The van der Waals surface area contributed by atoms with Gasteiger partial charge in [0, 0.05) is 0 Å². The summed E-state index contributed by atoms with van der Waals surface area (Å²) in [7, 11) is 0. The van der Waals surface area contributed by atoms with Crippen LogP contribution in [-0.2, 0) is 6.42 Å². The van der Waals surface area contributed by atoms with Gasteiger partial charge in [-0.15, -0.1) is 0 Å². The van der Waals surface area contributed by atoms with Crippen LogP contribution >= 0.6 is 0 Å². The zero-order valence-electron chi connectivity index (χ0n) is 8.89. The molecule has 0 spiro atoms. The van der Waals surface area contributed by atoms with Crippen molar-refractivity contribution in [2.75, 3.05) is 0 Å². The van der Waals surface area contributed by atoms with Gasteiger partial charge in [-0.3, -0.25) is 0 Å². The van der Waals surface area contributed by atoms with Gasteiger partial charge in [0.1, 0.15) is 5.82 Å². The molecule has 1 aromatic carbocycles. The molecule has 0 fully saturated rings. The number of benzene rings is 1. The Hall–Kier alpha value is -1.36. The van der Waals surface area contributed by atoms with E-state index in [2.05, 4.69) is 6.92 Å². The summed E-state index contributed by atoms with van der Waals surface area (Å²) in [5, 5.41) is 8.75. The molecule has 15 heavy (non-hydrogen) atoms. The second-order valence-corrected chi connectivity index (χ2v) is 4.17. The summed E-state index contributed by atoms with van der Waals surface area (Å²) in [5.41, 5.74) is 2.37. The van der Waals surface area contributed by atoms with Crippen LogP contribution in [0, 0.1) is 17.1 Å². The van der Waals surface area contributed by atoms with E-state index in [1.165, 1.54) is 6.07 Å². The summed E-state index contributed by atoms with van der Waals surface area (Å²) in [6, 6.07) is 5.21. The molecule has 1 aliphatic rings. The molecule has 1 atom stereocenters. The molecule has 1 nitrogen and oxygen atoms in total. The van der Waals surface area contributed by atoms with Crippen LogP contribution in [0.4, 0.5) is 4.39 Å². The third-order valence-corrected chi connectivity index (χ3v) is 3.15. The van der Waals surface area contributed by atoms with Crippen molar-refractivity contribution in [2.45, 2.75) is 38.5 Å². The molecule has 1 aliphatic carbocycles. The highest BCUT2D eigenvalue weighted by Crippen LogP contribution is 2.38. The van der Waals surface area contributed by atoms with Crippen molar-refractivity contribution >= 4 is 0 Å². The SMILES string of the molecule is CCCC1CCc2cc(C#N)cc(F)c21. The van der Waals surface area contributed by atoms with Gasteiger partial charge in [0.05, 0.1) is 11.6 Å². The quantitative estimate of drug-likeness (QED) is 0.721. The third kappa shape index (κ3) is 1.74. The van der Waals surface area contributed by atoms with Crippen molar-refractivity contribution in [3.05, 3.63) is 34.6 Å². The minimum atomic E-state index is -0.181. The standard InChI is InChI=1S/C13H14FN/c1-2-3-10-4-5-11-6-9(8-15)7-12(14)13(10)11/h6-7,10H,2-5H2,1H3. The Morgan fingerprint density at radius 1 is 1.53 bits per heavy atom. The fraction of sp³-hybridized carbons (Fsp3) is 0.462. The lowest BCUT2D eigenvalue weighted by atomic mass is 9.95. The molecule has 0 aromatic heterocycles. The van der Waals surface area contributed by atoms with Crippen molar-refractivity contribution in [1.82, 2.24) is 0 Å². The molecule has 78 valence electrons. The topological polar surface area (TPSA) is 23.8 Å². The monoisotopic (exact) mass is 203 g/mol. The Kier molecular flexibility index (Phi) is 2.73. The number of nitriles is 1. The first-order chi connectivity index (χ1) is 7.26. The average Bonchev–Trinajstić information content (AvgIpc) is 2.62. The maximum Gasteiger partial charge on any atom is 0.128 e. The number of aryl methyl sites for hydroxylation is 1. The van der Waals surface area contributed by atoms with Crippen LogP contribution in [0.1, 0.15) is 48.8 Å². The molecule has 1 unspecified atom stereocenters. The Balaban J connectivity index is 2.42. The maximum absolute atomic E-state index is 13.8. The van der Waals surface area contributed by atoms with E-state index in [0.29, 0.717) is 11.5 Å². The van der Waals surface area contributed by atoms with E-state index in [-0.39, 0.29) is 5.82 Å². The van der Waals surface area contributed by atoms with Crippen LogP contribution in [0.2, 0.25) is 0 Å². The van der Waals surface area contributed by atoms with Gasteiger partial charge in [-0.1, -0.05) is 13.3 Å². The summed E-state index contributed by atoms with van der Waals surface area (Å²) in [5.74, 6) is 0.192. The maximum atomic E-state index is 13.8. The second kappa shape index (κ2) is 4.02. The molecule has 0 N–H and O–H groups in total. The van der Waals surface area contributed by atoms with Crippen LogP contribution in [0.15, 0.2) is 12.1 Å². The normalized spacial score (nSPS) is 18.6. The van der Waals surface area contributed by atoms with E-state index >= 15 is 0 Å². The highest BCUT2D eigenvalue weighted by Gasteiger charge is 2.25. The first-order valence-corrected chi connectivity index (χ1v) is 5.48. The van der Waals surface area contributed by atoms with Gasteiger partial charge in [0.15, 0.2) is 0 Å². The molecule has 2 heteroatoms. The third-order valence-electron chi connectivity index (χ3n) is 3.15. The van der Waals surface area contributed by atoms with Crippen LogP contribution in [0.3, 0.4) is 0 Å². The van der Waals surface area contributed by atoms with Gasteiger partial charge in [0.25, 0.3) is 0 Å². The Labute approximate surface area is 89.5 Å². The van der Waals surface area contributed by atoms with Gasteiger partial charge >= 0.3 is 0 Å². The van der Waals surface area contributed by atoms with Crippen molar-refractivity contribution in [3.8, 4) is 6.07 Å². The average molecular weight is 203 g/mol. The number of fused-ring (bicyclic) bond motifs is 1. The zero-order chi connectivity index (χ0) is 10.8. The molecule has 0 amide bonds. The zero-order valence-corrected chi connectivity index (χ0v) is 8.89. The highest BCUT2D eigenvalue weighted by atomic mass is 19.1. The Bertz CT molecular complexity index is 417. The van der Waals surface area contributed by atoms with E-state index < -0.39 is 0 Å². The van der Waals surface area contributed by atoms with Crippen molar-refractivity contribution in [2.24, 2.45) is 0 Å². The highest BCUT2D eigenvalue weighted by molar-refractivity contribution is 5.43. The fourth-order valence-electron chi connectivity index (χ4n) is 2.51. The van der Waals surface area contributed by atoms with Crippen LogP contribution < -0.4 is 0 Å². The number of hydrogen-bond acceptors (Lipinski definition) is 1. The number of halogens is 1. The predicted octanol–water partition coefficient (Wildman–Crippen LogP) is 3.53. The van der Waals surface area contributed by atoms with E-state index in [0.717, 1.165) is 36.8 Å². The minimum absolute atomic E-state index is 0.181. The summed E-state index contributed by atoms with van der Waals surface area (Å²) < 4.78 is 13.8. The van der Waals surface area contributed by atoms with E-state index in [9.17, 15) is 4.39 Å². The molecular formula is C13H14FN. The lowest BCUT2D eigenvalue weighted by Crippen LogP contribution is -1.97.